The van der Waals surface area contributed by atoms with Gasteiger partial charge in [0, 0.05) is 24.1 Å². The van der Waals surface area contributed by atoms with Crippen LogP contribution in [0.1, 0.15) is 65.3 Å². The third-order valence-electron chi connectivity index (χ3n) is 3.55. The van der Waals surface area contributed by atoms with Crippen molar-refractivity contribution in [3.05, 3.63) is 11.4 Å². The summed E-state index contributed by atoms with van der Waals surface area (Å²) in [7, 11) is 0. The fourth-order valence-corrected chi connectivity index (χ4v) is 1.84. The van der Waals surface area contributed by atoms with Crippen molar-refractivity contribution >= 4 is 11.6 Å². The van der Waals surface area contributed by atoms with Gasteiger partial charge in [0.05, 0.1) is 0 Å². The first-order valence-corrected chi connectivity index (χ1v) is 7.83. The molecule has 0 atom stereocenters. The number of hydrogen-bond donors (Lipinski definition) is 2. The molecule has 0 aliphatic carbocycles. The summed E-state index contributed by atoms with van der Waals surface area (Å²) in [6.45, 7) is 13.9. The summed E-state index contributed by atoms with van der Waals surface area (Å²) in [6.07, 6.45) is 4.13. The summed E-state index contributed by atoms with van der Waals surface area (Å²) >= 11 is 0. The summed E-state index contributed by atoms with van der Waals surface area (Å²) in [5, 5.41) is 6.98. The van der Waals surface area contributed by atoms with E-state index in [2.05, 4.69) is 57.2 Å². The van der Waals surface area contributed by atoms with Crippen LogP contribution in [0.15, 0.2) is 0 Å². The molecule has 0 saturated heterocycles. The van der Waals surface area contributed by atoms with E-state index in [4.69, 9.17) is 4.98 Å². The van der Waals surface area contributed by atoms with Gasteiger partial charge in [0.1, 0.15) is 17.5 Å². The Morgan fingerprint density at radius 3 is 2.20 bits per heavy atom. The van der Waals surface area contributed by atoms with Crippen LogP contribution < -0.4 is 10.6 Å². The molecular formula is C16H30N4. The molecule has 0 spiro atoms. The van der Waals surface area contributed by atoms with Crippen molar-refractivity contribution in [1.82, 2.24) is 9.97 Å². The number of nitrogens with one attached hydrogen (secondary N) is 2. The minimum absolute atomic E-state index is 0.0463. The van der Waals surface area contributed by atoms with E-state index in [1.807, 2.05) is 0 Å². The van der Waals surface area contributed by atoms with Gasteiger partial charge in [-0.05, 0) is 40.0 Å². The number of hydrogen-bond acceptors (Lipinski definition) is 4. The van der Waals surface area contributed by atoms with Crippen LogP contribution in [0.2, 0.25) is 0 Å². The van der Waals surface area contributed by atoms with Crippen LogP contribution in [0.4, 0.5) is 11.6 Å². The Balaban J connectivity index is 3.10. The number of anilines is 2. The lowest BCUT2D eigenvalue weighted by Gasteiger charge is -2.27. The molecule has 4 heteroatoms. The number of aryl methyl sites for hydroxylation is 1. The fraction of sp³-hybridized carbons (Fsp3) is 0.750. The van der Waals surface area contributed by atoms with Gasteiger partial charge < -0.3 is 10.6 Å². The molecule has 4 nitrogen and oxygen atoms in total. The highest BCUT2D eigenvalue weighted by Crippen LogP contribution is 2.24. The Morgan fingerprint density at radius 2 is 1.65 bits per heavy atom. The van der Waals surface area contributed by atoms with Gasteiger partial charge in [0.15, 0.2) is 0 Å². The van der Waals surface area contributed by atoms with Gasteiger partial charge in [-0.1, -0.05) is 20.8 Å². The lowest BCUT2D eigenvalue weighted by molar-refractivity contribution is 0.543. The Hall–Kier alpha value is -1.32. The molecule has 0 aromatic carbocycles. The van der Waals surface area contributed by atoms with Crippen LogP contribution in [-0.4, -0.2) is 22.1 Å². The quantitative estimate of drug-likeness (QED) is 0.749. The van der Waals surface area contributed by atoms with Crippen LogP contribution >= 0.6 is 0 Å². The highest BCUT2D eigenvalue weighted by atomic mass is 15.1. The zero-order valence-corrected chi connectivity index (χ0v) is 13.9. The van der Waals surface area contributed by atoms with Gasteiger partial charge in [-0.15, -0.1) is 0 Å². The topological polar surface area (TPSA) is 49.8 Å². The molecule has 0 bridgehead atoms. The molecule has 0 saturated carbocycles. The Bertz CT molecular complexity index is 427. The predicted octanol–water partition coefficient (Wildman–Crippen LogP) is 4.16. The first kappa shape index (κ1) is 16.7. The van der Waals surface area contributed by atoms with Crippen LogP contribution in [0.3, 0.4) is 0 Å². The molecule has 0 unspecified atom stereocenters. The Kier molecular flexibility index (Phi) is 6.24. The summed E-state index contributed by atoms with van der Waals surface area (Å²) in [5.74, 6) is 2.86. The second-order valence-corrected chi connectivity index (χ2v) is 6.00. The van der Waals surface area contributed by atoms with Gasteiger partial charge in [-0.2, -0.15) is 0 Å². The summed E-state index contributed by atoms with van der Waals surface area (Å²) in [5.41, 5.74) is 1.16. The molecular weight excluding hydrogens is 248 g/mol. The average molecular weight is 278 g/mol. The summed E-state index contributed by atoms with van der Waals surface area (Å²) in [4.78, 5) is 9.36. The maximum absolute atomic E-state index is 4.70. The highest BCUT2D eigenvalue weighted by Gasteiger charge is 2.18. The van der Waals surface area contributed by atoms with Crippen molar-refractivity contribution in [3.63, 3.8) is 0 Å². The normalized spacial score (nSPS) is 11.5. The molecule has 0 aliphatic rings. The zero-order chi connectivity index (χ0) is 15.2. The average Bonchev–Trinajstić information content (AvgIpc) is 2.40. The Labute approximate surface area is 123 Å². The maximum atomic E-state index is 4.70. The van der Waals surface area contributed by atoms with Crippen molar-refractivity contribution < 1.29 is 0 Å². The second-order valence-electron chi connectivity index (χ2n) is 6.00. The molecule has 1 aromatic heterocycles. The molecule has 20 heavy (non-hydrogen) atoms. The van der Waals surface area contributed by atoms with E-state index in [1.165, 1.54) is 0 Å². The van der Waals surface area contributed by atoms with E-state index in [0.717, 1.165) is 55.3 Å². The molecule has 1 aromatic rings. The minimum Gasteiger partial charge on any atom is -0.370 e. The fourth-order valence-electron chi connectivity index (χ4n) is 1.84. The summed E-state index contributed by atoms with van der Waals surface area (Å²) in [6, 6.07) is 0. The minimum atomic E-state index is 0.0463. The van der Waals surface area contributed by atoms with Crippen LogP contribution in [-0.2, 0) is 6.42 Å². The first-order valence-electron chi connectivity index (χ1n) is 7.83. The third-order valence-corrected chi connectivity index (χ3v) is 3.55. The highest BCUT2D eigenvalue weighted by molar-refractivity contribution is 5.58. The standard InChI is InChI=1S/C16H30N4/c1-7-10-13-18-14(17-11-8-2)12(4)15(19-13)20-16(5,6)9-3/h7-11H2,1-6H3,(H2,17,18,19,20). The number of rotatable bonds is 8. The Morgan fingerprint density at radius 1 is 1.00 bits per heavy atom. The molecule has 114 valence electrons. The van der Waals surface area contributed by atoms with E-state index in [-0.39, 0.29) is 5.54 Å². The van der Waals surface area contributed by atoms with Gasteiger partial charge >= 0.3 is 0 Å². The van der Waals surface area contributed by atoms with Crippen molar-refractivity contribution in [2.24, 2.45) is 0 Å². The SMILES string of the molecule is CCCNc1nc(CCC)nc(NC(C)(C)CC)c1C. The monoisotopic (exact) mass is 278 g/mol. The van der Waals surface area contributed by atoms with Crippen LogP contribution in [0, 0.1) is 6.92 Å². The van der Waals surface area contributed by atoms with E-state index in [1.54, 1.807) is 0 Å². The molecule has 0 fully saturated rings. The van der Waals surface area contributed by atoms with Gasteiger partial charge in [0.25, 0.3) is 0 Å². The van der Waals surface area contributed by atoms with E-state index in [0.29, 0.717) is 0 Å². The lowest BCUT2D eigenvalue weighted by atomic mass is 10.0. The first-order chi connectivity index (χ1) is 9.43. The van der Waals surface area contributed by atoms with Gasteiger partial charge in [-0.3, -0.25) is 0 Å². The second kappa shape index (κ2) is 7.46. The number of aromatic nitrogens is 2. The van der Waals surface area contributed by atoms with Crippen LogP contribution in [0.5, 0.6) is 0 Å². The molecule has 2 N–H and O–H groups in total. The smallest absolute Gasteiger partial charge is 0.135 e. The molecule has 0 aliphatic heterocycles. The van der Waals surface area contributed by atoms with E-state index >= 15 is 0 Å². The van der Waals surface area contributed by atoms with Gasteiger partial charge in [-0.25, -0.2) is 9.97 Å². The molecule has 1 rings (SSSR count). The van der Waals surface area contributed by atoms with Gasteiger partial charge in [0.2, 0.25) is 0 Å². The van der Waals surface area contributed by atoms with E-state index in [9.17, 15) is 0 Å². The lowest BCUT2D eigenvalue weighted by Crippen LogP contribution is -2.31. The summed E-state index contributed by atoms with van der Waals surface area (Å²) < 4.78 is 0. The van der Waals surface area contributed by atoms with Crippen molar-refractivity contribution in [1.29, 1.82) is 0 Å². The molecule has 0 radical (unpaired) electrons. The van der Waals surface area contributed by atoms with Crippen molar-refractivity contribution in [2.45, 2.75) is 72.8 Å². The van der Waals surface area contributed by atoms with E-state index < -0.39 is 0 Å². The zero-order valence-electron chi connectivity index (χ0n) is 13.9. The largest absolute Gasteiger partial charge is 0.370 e. The van der Waals surface area contributed by atoms with Crippen molar-refractivity contribution in [3.8, 4) is 0 Å². The molecule has 0 amide bonds. The number of nitrogens with zero attached hydrogens (tertiary/aromatic N) is 2. The van der Waals surface area contributed by atoms with Crippen molar-refractivity contribution in [2.75, 3.05) is 17.2 Å². The van der Waals surface area contributed by atoms with Crippen LogP contribution in [0.25, 0.3) is 0 Å². The maximum Gasteiger partial charge on any atom is 0.135 e. The predicted molar refractivity (Wildman–Crippen MR) is 87.5 cm³/mol. The third kappa shape index (κ3) is 4.66. The molecule has 1 heterocycles.